The highest BCUT2D eigenvalue weighted by atomic mass is 16.5. The van der Waals surface area contributed by atoms with Gasteiger partial charge in [-0.15, -0.1) is 0 Å². The maximum Gasteiger partial charge on any atom is 0.127 e. The highest BCUT2D eigenvalue weighted by Gasteiger charge is 2.11. The number of para-hydroxylation sites is 2. The Morgan fingerprint density at radius 3 is 2.00 bits per heavy atom. The van der Waals surface area contributed by atoms with Crippen LogP contribution in [0.5, 0.6) is 11.5 Å². The summed E-state index contributed by atoms with van der Waals surface area (Å²) in [6, 6.07) is 26.6. The predicted octanol–water partition coefficient (Wildman–Crippen LogP) is 7.51. The molecule has 0 radical (unpaired) electrons. The summed E-state index contributed by atoms with van der Waals surface area (Å²) in [4.78, 5) is 0. The number of hydrogen-bond donors (Lipinski definition) is 1. The molecule has 1 saturated carbocycles. The topological polar surface area (TPSA) is 40.2 Å². The van der Waals surface area contributed by atoms with Crippen LogP contribution in [0.3, 0.4) is 0 Å². The van der Waals surface area contributed by atoms with E-state index in [1.54, 1.807) is 0 Å². The van der Waals surface area contributed by atoms with E-state index >= 15 is 0 Å². The summed E-state index contributed by atoms with van der Waals surface area (Å²) in [7, 11) is 0. The molecular formula is C28H34N2O. The third-order valence-electron chi connectivity index (χ3n) is 4.78. The number of ether oxygens (including phenoxy) is 1. The van der Waals surface area contributed by atoms with Crippen LogP contribution in [0.25, 0.3) is 16.6 Å². The van der Waals surface area contributed by atoms with Crippen LogP contribution in [0.2, 0.25) is 0 Å². The smallest absolute Gasteiger partial charge is 0.127 e. The molecule has 1 aliphatic carbocycles. The molecule has 4 aromatic rings. The van der Waals surface area contributed by atoms with E-state index in [0.717, 1.165) is 23.6 Å². The summed E-state index contributed by atoms with van der Waals surface area (Å²) < 4.78 is 8.11. The predicted molar refractivity (Wildman–Crippen MR) is 132 cm³/mol. The van der Waals surface area contributed by atoms with Gasteiger partial charge in [-0.05, 0) is 61.4 Å². The highest BCUT2D eigenvalue weighted by Crippen LogP contribution is 2.28. The van der Waals surface area contributed by atoms with Crippen molar-refractivity contribution < 1.29 is 4.74 Å². The zero-order chi connectivity index (χ0) is 22.1. The van der Waals surface area contributed by atoms with E-state index in [9.17, 15) is 0 Å². The van der Waals surface area contributed by atoms with Gasteiger partial charge in [0, 0.05) is 23.3 Å². The molecule has 1 heterocycles. The Balaban J connectivity index is 0.000000490. The molecule has 31 heavy (non-hydrogen) atoms. The van der Waals surface area contributed by atoms with Crippen LogP contribution < -0.4 is 10.5 Å². The Morgan fingerprint density at radius 2 is 1.39 bits per heavy atom. The molecule has 5 rings (SSSR count). The van der Waals surface area contributed by atoms with Gasteiger partial charge < -0.3 is 15.0 Å². The number of hydrogen-bond acceptors (Lipinski definition) is 2. The molecule has 162 valence electrons. The number of nitrogens with two attached hydrogens (primary N) is 1. The van der Waals surface area contributed by atoms with Crippen molar-refractivity contribution in [2.75, 3.05) is 0 Å². The van der Waals surface area contributed by atoms with Crippen molar-refractivity contribution in [3.8, 4) is 17.2 Å². The normalized spacial score (nSPS) is 12.8. The highest BCUT2D eigenvalue weighted by molar-refractivity contribution is 5.85. The van der Waals surface area contributed by atoms with Crippen LogP contribution in [0.4, 0.5) is 0 Å². The third kappa shape index (κ3) is 6.47. The lowest BCUT2D eigenvalue weighted by Gasteiger charge is -2.08. The van der Waals surface area contributed by atoms with Crippen molar-refractivity contribution in [2.45, 2.75) is 52.5 Å². The second-order valence-corrected chi connectivity index (χ2v) is 7.69. The van der Waals surface area contributed by atoms with Gasteiger partial charge in [-0.25, -0.2) is 0 Å². The van der Waals surface area contributed by atoms with E-state index in [1.165, 1.54) is 35.7 Å². The fourth-order valence-electron chi connectivity index (χ4n) is 3.27. The number of aromatic nitrogens is 1. The van der Waals surface area contributed by atoms with Crippen molar-refractivity contribution >= 4 is 10.9 Å². The molecule has 1 aromatic heterocycles. The van der Waals surface area contributed by atoms with Crippen molar-refractivity contribution in [2.24, 2.45) is 5.73 Å². The number of fused-ring (bicyclic) bond motifs is 1. The van der Waals surface area contributed by atoms with Crippen LogP contribution in [0.1, 0.15) is 45.6 Å². The first-order valence-electron chi connectivity index (χ1n) is 11.4. The van der Waals surface area contributed by atoms with Gasteiger partial charge in [-0.3, -0.25) is 0 Å². The average molecular weight is 415 g/mol. The van der Waals surface area contributed by atoms with Gasteiger partial charge in [0.15, 0.2) is 0 Å². The largest absolute Gasteiger partial charge is 0.457 e. The Morgan fingerprint density at radius 1 is 0.806 bits per heavy atom. The molecular weight excluding hydrogens is 380 g/mol. The zero-order valence-electron chi connectivity index (χ0n) is 18.9. The Kier molecular flexibility index (Phi) is 8.31. The van der Waals surface area contributed by atoms with E-state index in [1.807, 2.05) is 63.2 Å². The number of nitrogens with zero attached hydrogens (tertiary/aromatic N) is 1. The first kappa shape index (κ1) is 22.6. The average Bonchev–Trinajstić information content (AvgIpc) is 3.65. The molecule has 3 nitrogen and oxygen atoms in total. The molecule has 3 heteroatoms. The van der Waals surface area contributed by atoms with Gasteiger partial charge >= 0.3 is 0 Å². The van der Waals surface area contributed by atoms with E-state index in [-0.39, 0.29) is 6.04 Å². The zero-order valence-corrected chi connectivity index (χ0v) is 18.9. The molecule has 1 unspecified atom stereocenters. The molecule has 1 aliphatic rings. The molecule has 2 N–H and O–H groups in total. The first-order chi connectivity index (χ1) is 15.2. The fourth-order valence-corrected chi connectivity index (χ4v) is 3.27. The van der Waals surface area contributed by atoms with E-state index < -0.39 is 0 Å². The van der Waals surface area contributed by atoms with E-state index in [4.69, 9.17) is 10.5 Å². The lowest BCUT2D eigenvalue weighted by molar-refractivity contribution is 0.482. The van der Waals surface area contributed by atoms with Gasteiger partial charge in [0.2, 0.25) is 0 Å². The minimum Gasteiger partial charge on any atom is -0.457 e. The minimum atomic E-state index is 0.135. The van der Waals surface area contributed by atoms with Crippen molar-refractivity contribution in [3.63, 3.8) is 0 Å². The first-order valence-corrected chi connectivity index (χ1v) is 11.4. The standard InChI is InChI=1S/C23H22N2O.C3H6.C2H6/c1-17(24)15-18-16-25(23-10-6-5-9-22(18)23)19-11-13-21(14-12-19)26-20-7-3-2-4-8-20;1-2-3-1;1-2/h2-14,16-17H,15,24H2,1H3;1-3H2;1-2H3. The molecule has 0 amide bonds. The fraction of sp³-hybridized carbons (Fsp3) is 0.286. The SMILES string of the molecule is C1CC1.CC.CC(N)Cc1cn(-c2ccc(Oc3ccccc3)cc2)c2ccccc12. The van der Waals surface area contributed by atoms with E-state index in [0.29, 0.717) is 0 Å². The second-order valence-electron chi connectivity index (χ2n) is 7.69. The molecule has 0 bridgehead atoms. The van der Waals surface area contributed by atoms with E-state index in [2.05, 4.69) is 47.2 Å². The van der Waals surface area contributed by atoms with Crippen LogP contribution in [0.15, 0.2) is 85.1 Å². The Labute approximate surface area is 186 Å². The molecule has 1 fully saturated rings. The minimum absolute atomic E-state index is 0.135. The van der Waals surface area contributed by atoms with Gasteiger partial charge in [0.25, 0.3) is 0 Å². The van der Waals surface area contributed by atoms with Gasteiger partial charge in [-0.2, -0.15) is 0 Å². The van der Waals surface area contributed by atoms with Crippen molar-refractivity contribution in [1.82, 2.24) is 4.57 Å². The molecule has 0 aliphatic heterocycles. The quantitative estimate of drug-likeness (QED) is 0.367. The lowest BCUT2D eigenvalue weighted by Crippen LogP contribution is -2.17. The Hall–Kier alpha value is -3.04. The second kappa shape index (κ2) is 11.4. The van der Waals surface area contributed by atoms with Crippen LogP contribution >= 0.6 is 0 Å². The third-order valence-corrected chi connectivity index (χ3v) is 4.78. The molecule has 0 spiro atoms. The summed E-state index contributed by atoms with van der Waals surface area (Å²) in [5.41, 5.74) is 9.61. The molecule has 1 atom stereocenters. The van der Waals surface area contributed by atoms with Gasteiger partial charge in [0.05, 0.1) is 5.52 Å². The summed E-state index contributed by atoms with van der Waals surface area (Å²) >= 11 is 0. The number of rotatable bonds is 5. The summed E-state index contributed by atoms with van der Waals surface area (Å²) in [5.74, 6) is 1.66. The van der Waals surface area contributed by atoms with Gasteiger partial charge in [-0.1, -0.05) is 69.5 Å². The maximum absolute atomic E-state index is 6.03. The summed E-state index contributed by atoms with van der Waals surface area (Å²) in [5, 5.41) is 1.26. The van der Waals surface area contributed by atoms with Crippen LogP contribution in [0, 0.1) is 0 Å². The summed E-state index contributed by atoms with van der Waals surface area (Å²) in [6.45, 7) is 6.04. The maximum atomic E-state index is 6.03. The molecule has 3 aromatic carbocycles. The monoisotopic (exact) mass is 414 g/mol. The summed E-state index contributed by atoms with van der Waals surface area (Å²) in [6.07, 6.45) is 7.56. The van der Waals surface area contributed by atoms with Crippen LogP contribution in [-0.4, -0.2) is 10.6 Å². The lowest BCUT2D eigenvalue weighted by atomic mass is 10.1. The van der Waals surface area contributed by atoms with Crippen molar-refractivity contribution in [3.05, 3.63) is 90.6 Å². The van der Waals surface area contributed by atoms with Crippen LogP contribution in [-0.2, 0) is 6.42 Å². The Bertz CT molecular complexity index is 1040. The number of benzene rings is 3. The van der Waals surface area contributed by atoms with Gasteiger partial charge in [0.1, 0.15) is 11.5 Å². The molecule has 0 saturated heterocycles. The van der Waals surface area contributed by atoms with Crippen molar-refractivity contribution in [1.29, 1.82) is 0 Å².